The van der Waals surface area contributed by atoms with Crippen LogP contribution in [0.4, 0.5) is 0 Å². The van der Waals surface area contributed by atoms with Crippen LogP contribution >= 0.6 is 11.6 Å². The third kappa shape index (κ3) is 3.28. The number of esters is 1. The van der Waals surface area contributed by atoms with Crippen molar-refractivity contribution in [3.05, 3.63) is 41.1 Å². The van der Waals surface area contributed by atoms with E-state index in [4.69, 9.17) is 16.3 Å². The molecule has 0 atom stereocenters. The summed E-state index contributed by atoms with van der Waals surface area (Å²) in [5.41, 5.74) is 1.23. The Morgan fingerprint density at radius 3 is 2.62 bits per heavy atom. The van der Waals surface area contributed by atoms with Gasteiger partial charge in [-0.15, -0.1) is 0 Å². The lowest BCUT2D eigenvalue weighted by molar-refractivity contribution is -0.133. The largest absolute Gasteiger partial charge is 0.465 e. The summed E-state index contributed by atoms with van der Waals surface area (Å²) < 4.78 is 4.73. The molecule has 0 saturated heterocycles. The maximum absolute atomic E-state index is 11.6. The van der Waals surface area contributed by atoms with Crippen molar-refractivity contribution >= 4 is 23.1 Å². The van der Waals surface area contributed by atoms with E-state index in [0.29, 0.717) is 10.6 Å². The number of halogens is 1. The predicted molar refractivity (Wildman–Crippen MR) is 65.1 cm³/mol. The lowest BCUT2D eigenvalue weighted by atomic mass is 10.1. The lowest BCUT2D eigenvalue weighted by Crippen LogP contribution is -2.10. The summed E-state index contributed by atoms with van der Waals surface area (Å²) in [6, 6.07) is 7.10. The molecule has 0 saturated carbocycles. The third-order valence-corrected chi connectivity index (χ3v) is 2.16. The number of rotatable bonds is 3. The van der Waals surface area contributed by atoms with Crippen LogP contribution in [0.15, 0.2) is 30.5 Å². The Kier molecular flexibility index (Phi) is 4.38. The van der Waals surface area contributed by atoms with Gasteiger partial charge in [0.05, 0.1) is 12.7 Å². The second-order valence-corrected chi connectivity index (χ2v) is 3.94. The fraction of sp³-hybridized carbons (Fsp3) is 0.250. The fourth-order valence-corrected chi connectivity index (χ4v) is 1.46. The molecule has 0 unspecified atom stereocenters. The minimum absolute atomic E-state index is 0.379. The molecule has 0 aromatic heterocycles. The van der Waals surface area contributed by atoms with E-state index in [-0.39, 0.29) is 5.97 Å². The van der Waals surface area contributed by atoms with Crippen molar-refractivity contribution in [1.29, 1.82) is 0 Å². The minimum Gasteiger partial charge on any atom is -0.465 e. The molecule has 16 heavy (non-hydrogen) atoms. The molecular weight excluding hydrogens is 226 g/mol. The van der Waals surface area contributed by atoms with Gasteiger partial charge in [-0.25, -0.2) is 4.79 Å². The summed E-state index contributed by atoms with van der Waals surface area (Å²) in [4.78, 5) is 13.4. The van der Waals surface area contributed by atoms with E-state index in [1.54, 1.807) is 29.3 Å². The van der Waals surface area contributed by atoms with Crippen LogP contribution in [0.2, 0.25) is 5.02 Å². The second kappa shape index (κ2) is 5.56. The molecule has 0 amide bonds. The number of hydrogen-bond donors (Lipinski definition) is 0. The van der Waals surface area contributed by atoms with Gasteiger partial charge in [-0.3, -0.25) is 0 Å². The Hall–Kier alpha value is -1.48. The SMILES string of the molecule is COC(=O)/C(=C\N(C)C)c1cccc(Cl)c1. The molecule has 0 N–H and O–H groups in total. The Bertz CT molecular complexity index is 413. The van der Waals surface area contributed by atoms with Gasteiger partial charge in [0.15, 0.2) is 0 Å². The molecule has 1 aromatic carbocycles. The van der Waals surface area contributed by atoms with E-state index in [1.807, 2.05) is 20.2 Å². The summed E-state index contributed by atoms with van der Waals surface area (Å²) in [6.45, 7) is 0. The standard InChI is InChI=1S/C12H14ClNO2/c1-14(2)8-11(12(15)16-3)9-5-4-6-10(13)7-9/h4-8H,1-3H3/b11-8-. The molecular formula is C12H14ClNO2. The Labute approximate surface area is 100 Å². The average Bonchev–Trinajstić information content (AvgIpc) is 2.24. The molecule has 4 heteroatoms. The van der Waals surface area contributed by atoms with Crippen LogP contribution in [0.3, 0.4) is 0 Å². The van der Waals surface area contributed by atoms with Gasteiger partial charge in [-0.2, -0.15) is 0 Å². The summed E-state index contributed by atoms with van der Waals surface area (Å²) in [5, 5.41) is 0.589. The number of methoxy groups -OCH3 is 1. The van der Waals surface area contributed by atoms with Crippen LogP contribution in [-0.4, -0.2) is 32.1 Å². The first kappa shape index (κ1) is 12.6. The first-order valence-corrected chi connectivity index (χ1v) is 5.15. The van der Waals surface area contributed by atoms with E-state index < -0.39 is 0 Å². The van der Waals surface area contributed by atoms with Crippen molar-refractivity contribution in [2.75, 3.05) is 21.2 Å². The lowest BCUT2D eigenvalue weighted by Gasteiger charge is -2.10. The zero-order valence-electron chi connectivity index (χ0n) is 9.53. The molecule has 0 heterocycles. The molecule has 0 spiro atoms. The number of hydrogen-bond acceptors (Lipinski definition) is 3. The van der Waals surface area contributed by atoms with Crippen molar-refractivity contribution in [3.63, 3.8) is 0 Å². The Morgan fingerprint density at radius 2 is 2.12 bits per heavy atom. The minimum atomic E-state index is -0.379. The second-order valence-electron chi connectivity index (χ2n) is 3.51. The highest BCUT2D eigenvalue weighted by Crippen LogP contribution is 2.20. The Balaban J connectivity index is 3.16. The summed E-state index contributed by atoms with van der Waals surface area (Å²) in [7, 11) is 5.04. The maximum atomic E-state index is 11.6. The number of carbonyl (C=O) groups excluding carboxylic acids is 1. The van der Waals surface area contributed by atoms with Gasteiger partial charge >= 0.3 is 5.97 Å². The molecule has 0 aliphatic heterocycles. The fourth-order valence-electron chi connectivity index (χ4n) is 1.27. The van der Waals surface area contributed by atoms with Gasteiger partial charge < -0.3 is 9.64 Å². The van der Waals surface area contributed by atoms with Gasteiger partial charge in [-0.05, 0) is 17.7 Å². The van der Waals surface area contributed by atoms with Gasteiger partial charge in [0, 0.05) is 25.3 Å². The summed E-state index contributed by atoms with van der Waals surface area (Å²) >= 11 is 5.88. The highest BCUT2D eigenvalue weighted by molar-refractivity contribution is 6.31. The van der Waals surface area contributed by atoms with Crippen LogP contribution in [0.25, 0.3) is 5.57 Å². The van der Waals surface area contributed by atoms with Crippen LogP contribution in [0.5, 0.6) is 0 Å². The number of benzene rings is 1. The number of ether oxygens (including phenoxy) is 1. The van der Waals surface area contributed by atoms with E-state index in [1.165, 1.54) is 7.11 Å². The summed E-state index contributed by atoms with van der Waals surface area (Å²) in [5.74, 6) is -0.379. The van der Waals surface area contributed by atoms with Crippen molar-refractivity contribution in [2.24, 2.45) is 0 Å². The molecule has 0 fully saturated rings. The topological polar surface area (TPSA) is 29.5 Å². The molecule has 0 radical (unpaired) electrons. The molecule has 1 aromatic rings. The highest BCUT2D eigenvalue weighted by atomic mass is 35.5. The zero-order valence-corrected chi connectivity index (χ0v) is 10.3. The van der Waals surface area contributed by atoms with E-state index in [2.05, 4.69) is 0 Å². The van der Waals surface area contributed by atoms with E-state index >= 15 is 0 Å². The molecule has 0 aliphatic rings. The quantitative estimate of drug-likeness (QED) is 0.599. The number of carbonyl (C=O) groups is 1. The molecule has 3 nitrogen and oxygen atoms in total. The van der Waals surface area contributed by atoms with Crippen molar-refractivity contribution in [2.45, 2.75) is 0 Å². The van der Waals surface area contributed by atoms with Gasteiger partial charge in [0.25, 0.3) is 0 Å². The number of nitrogens with zero attached hydrogens (tertiary/aromatic N) is 1. The van der Waals surface area contributed by atoms with Gasteiger partial charge in [0.1, 0.15) is 0 Å². The molecule has 0 bridgehead atoms. The first-order chi connectivity index (χ1) is 7.54. The van der Waals surface area contributed by atoms with E-state index in [0.717, 1.165) is 5.56 Å². The summed E-state index contributed by atoms with van der Waals surface area (Å²) in [6.07, 6.45) is 1.71. The van der Waals surface area contributed by atoms with Crippen LogP contribution in [0, 0.1) is 0 Å². The maximum Gasteiger partial charge on any atom is 0.339 e. The van der Waals surface area contributed by atoms with Crippen molar-refractivity contribution in [1.82, 2.24) is 4.90 Å². The molecule has 1 rings (SSSR count). The normalized spacial score (nSPS) is 11.1. The molecule has 0 aliphatic carbocycles. The van der Waals surface area contributed by atoms with Crippen LogP contribution in [0.1, 0.15) is 5.56 Å². The molecule has 86 valence electrons. The van der Waals surface area contributed by atoms with Crippen LogP contribution < -0.4 is 0 Å². The first-order valence-electron chi connectivity index (χ1n) is 4.77. The van der Waals surface area contributed by atoms with Crippen molar-refractivity contribution < 1.29 is 9.53 Å². The van der Waals surface area contributed by atoms with Crippen molar-refractivity contribution in [3.8, 4) is 0 Å². The van der Waals surface area contributed by atoms with E-state index in [9.17, 15) is 4.79 Å². The van der Waals surface area contributed by atoms with Crippen LogP contribution in [-0.2, 0) is 9.53 Å². The monoisotopic (exact) mass is 239 g/mol. The highest BCUT2D eigenvalue weighted by Gasteiger charge is 2.12. The third-order valence-electron chi connectivity index (χ3n) is 1.93. The smallest absolute Gasteiger partial charge is 0.339 e. The predicted octanol–water partition coefficient (Wildman–Crippen LogP) is 2.42. The zero-order chi connectivity index (χ0) is 12.1. The Morgan fingerprint density at radius 1 is 1.44 bits per heavy atom. The van der Waals surface area contributed by atoms with Gasteiger partial charge in [-0.1, -0.05) is 23.7 Å². The average molecular weight is 240 g/mol. The van der Waals surface area contributed by atoms with Gasteiger partial charge in [0.2, 0.25) is 0 Å².